The summed E-state index contributed by atoms with van der Waals surface area (Å²) in [5.41, 5.74) is 1.91. The molecule has 2 heterocycles. The molecule has 2 atom stereocenters. The lowest BCUT2D eigenvalue weighted by atomic mass is 10.1. The molecule has 2 aliphatic rings. The van der Waals surface area contributed by atoms with E-state index in [2.05, 4.69) is 0 Å². The van der Waals surface area contributed by atoms with Crippen LogP contribution in [-0.4, -0.2) is 56.3 Å². The van der Waals surface area contributed by atoms with Crippen LogP contribution >= 0.6 is 0 Å². The largest absolute Gasteiger partial charge is 0.341 e. The van der Waals surface area contributed by atoms with E-state index in [1.165, 1.54) is 4.90 Å². The van der Waals surface area contributed by atoms with Crippen molar-refractivity contribution in [2.24, 2.45) is 5.92 Å². The van der Waals surface area contributed by atoms with Gasteiger partial charge >= 0.3 is 0 Å². The van der Waals surface area contributed by atoms with Crippen LogP contribution in [0.15, 0.2) is 24.3 Å². The number of carbonyl (C=O) groups is 2. The number of carbonyl (C=O) groups excluding carboxylic acids is 2. The highest BCUT2D eigenvalue weighted by atomic mass is 32.2. The monoisotopic (exact) mass is 350 g/mol. The Morgan fingerprint density at radius 3 is 2.50 bits per heavy atom. The molecule has 0 aromatic heterocycles. The van der Waals surface area contributed by atoms with Crippen molar-refractivity contribution in [3.63, 3.8) is 0 Å². The Bertz CT molecular complexity index is 757. The third-order valence-corrected chi connectivity index (χ3v) is 6.67. The second-order valence-electron chi connectivity index (χ2n) is 6.75. The van der Waals surface area contributed by atoms with Crippen LogP contribution in [0.25, 0.3) is 0 Å². The third kappa shape index (κ3) is 3.31. The summed E-state index contributed by atoms with van der Waals surface area (Å²) in [4.78, 5) is 28.1. The standard InChI is InChI=1S/C17H22N2O4S/c1-12-3-5-14(6-4-12)19-10-13(9-16(19)20)17(21)18(2)15-7-8-24(22,23)11-15/h3-6,13,15H,7-11H2,1-2H3/t13-,15-/m0/s1. The van der Waals surface area contributed by atoms with E-state index in [4.69, 9.17) is 0 Å². The maximum atomic E-state index is 12.7. The lowest BCUT2D eigenvalue weighted by molar-refractivity contribution is -0.136. The average Bonchev–Trinajstić information content (AvgIpc) is 3.09. The molecule has 1 aromatic carbocycles. The smallest absolute Gasteiger partial charge is 0.228 e. The summed E-state index contributed by atoms with van der Waals surface area (Å²) in [7, 11) is -1.39. The van der Waals surface area contributed by atoms with Crippen LogP contribution in [0.4, 0.5) is 5.69 Å². The van der Waals surface area contributed by atoms with Gasteiger partial charge in [-0.05, 0) is 25.5 Å². The Kier molecular flexibility index (Phi) is 4.38. The fourth-order valence-electron chi connectivity index (χ4n) is 3.40. The van der Waals surface area contributed by atoms with Crippen molar-refractivity contribution in [2.45, 2.75) is 25.8 Å². The molecule has 0 N–H and O–H groups in total. The Morgan fingerprint density at radius 2 is 1.92 bits per heavy atom. The minimum Gasteiger partial charge on any atom is -0.341 e. The molecule has 130 valence electrons. The number of amides is 2. The summed E-state index contributed by atoms with van der Waals surface area (Å²) in [6.07, 6.45) is 0.656. The summed E-state index contributed by atoms with van der Waals surface area (Å²) < 4.78 is 23.2. The number of benzene rings is 1. The molecule has 0 unspecified atom stereocenters. The molecule has 0 aliphatic carbocycles. The van der Waals surface area contributed by atoms with Gasteiger partial charge in [-0.25, -0.2) is 8.42 Å². The number of aryl methyl sites for hydroxylation is 1. The maximum absolute atomic E-state index is 12.7. The summed E-state index contributed by atoms with van der Waals surface area (Å²) in [5.74, 6) is -0.455. The summed E-state index contributed by atoms with van der Waals surface area (Å²) in [5, 5.41) is 0. The number of rotatable bonds is 3. The second-order valence-corrected chi connectivity index (χ2v) is 8.98. The first-order valence-corrected chi connectivity index (χ1v) is 9.93. The quantitative estimate of drug-likeness (QED) is 0.815. The molecule has 0 spiro atoms. The fraction of sp³-hybridized carbons (Fsp3) is 0.529. The molecule has 2 saturated heterocycles. The van der Waals surface area contributed by atoms with Crippen molar-refractivity contribution >= 4 is 27.3 Å². The molecule has 3 rings (SSSR count). The molecule has 7 heteroatoms. The molecular weight excluding hydrogens is 328 g/mol. The van der Waals surface area contributed by atoms with Gasteiger partial charge in [0.25, 0.3) is 0 Å². The number of hydrogen-bond donors (Lipinski definition) is 0. The Hall–Kier alpha value is -1.89. The van der Waals surface area contributed by atoms with Gasteiger partial charge in [0.2, 0.25) is 11.8 Å². The molecule has 1 aromatic rings. The lowest BCUT2D eigenvalue weighted by Gasteiger charge is -2.26. The normalized spacial score (nSPS) is 25.9. The van der Waals surface area contributed by atoms with Gasteiger partial charge in [0.1, 0.15) is 0 Å². The van der Waals surface area contributed by atoms with Gasteiger partial charge in [-0.2, -0.15) is 0 Å². The second kappa shape index (κ2) is 6.20. The summed E-state index contributed by atoms with van der Waals surface area (Å²) in [6.45, 7) is 2.33. The molecule has 2 fully saturated rings. The van der Waals surface area contributed by atoms with Crippen LogP contribution in [0.1, 0.15) is 18.4 Å². The van der Waals surface area contributed by atoms with E-state index in [0.29, 0.717) is 13.0 Å². The molecule has 2 amide bonds. The highest BCUT2D eigenvalue weighted by Crippen LogP contribution is 2.28. The lowest BCUT2D eigenvalue weighted by Crippen LogP contribution is -2.42. The number of sulfone groups is 1. The van der Waals surface area contributed by atoms with Crippen LogP contribution in [0.5, 0.6) is 0 Å². The molecule has 0 bridgehead atoms. The highest BCUT2D eigenvalue weighted by Gasteiger charge is 2.40. The Labute approximate surface area is 142 Å². The van der Waals surface area contributed by atoms with E-state index in [9.17, 15) is 18.0 Å². The minimum absolute atomic E-state index is 0.0254. The first-order chi connectivity index (χ1) is 11.3. The van der Waals surface area contributed by atoms with Crippen molar-refractivity contribution in [1.82, 2.24) is 4.90 Å². The van der Waals surface area contributed by atoms with E-state index in [1.54, 1.807) is 11.9 Å². The topological polar surface area (TPSA) is 74.8 Å². The predicted octanol–water partition coefficient (Wildman–Crippen LogP) is 0.993. The van der Waals surface area contributed by atoms with E-state index in [0.717, 1.165) is 11.3 Å². The SMILES string of the molecule is Cc1ccc(N2C[C@@H](C(=O)N(C)[C@H]3CCS(=O)(=O)C3)CC2=O)cc1. The van der Waals surface area contributed by atoms with E-state index >= 15 is 0 Å². The predicted molar refractivity (Wildman–Crippen MR) is 91.5 cm³/mol. The van der Waals surface area contributed by atoms with Crippen molar-refractivity contribution in [3.8, 4) is 0 Å². The van der Waals surface area contributed by atoms with Crippen molar-refractivity contribution in [2.75, 3.05) is 30.0 Å². The van der Waals surface area contributed by atoms with Crippen LogP contribution in [0, 0.1) is 12.8 Å². The Balaban J connectivity index is 1.69. The zero-order valence-electron chi connectivity index (χ0n) is 13.9. The highest BCUT2D eigenvalue weighted by molar-refractivity contribution is 7.91. The van der Waals surface area contributed by atoms with Gasteiger partial charge in [0.05, 0.1) is 17.4 Å². The van der Waals surface area contributed by atoms with Gasteiger partial charge in [-0.15, -0.1) is 0 Å². The molecule has 6 nitrogen and oxygen atoms in total. The fourth-order valence-corrected chi connectivity index (χ4v) is 5.17. The van der Waals surface area contributed by atoms with Gasteiger partial charge in [0.15, 0.2) is 9.84 Å². The van der Waals surface area contributed by atoms with Gasteiger partial charge in [-0.3, -0.25) is 9.59 Å². The maximum Gasteiger partial charge on any atom is 0.228 e. The van der Waals surface area contributed by atoms with Gasteiger partial charge in [-0.1, -0.05) is 17.7 Å². The number of nitrogens with zero attached hydrogens (tertiary/aromatic N) is 2. The van der Waals surface area contributed by atoms with Crippen LogP contribution in [0.2, 0.25) is 0 Å². The van der Waals surface area contributed by atoms with Crippen LogP contribution in [-0.2, 0) is 19.4 Å². The minimum atomic E-state index is -3.04. The third-order valence-electron chi connectivity index (χ3n) is 4.92. The molecule has 2 aliphatic heterocycles. The average molecular weight is 350 g/mol. The number of anilines is 1. The van der Waals surface area contributed by atoms with E-state index < -0.39 is 15.8 Å². The van der Waals surface area contributed by atoms with Crippen LogP contribution in [0.3, 0.4) is 0 Å². The Morgan fingerprint density at radius 1 is 1.25 bits per heavy atom. The van der Waals surface area contributed by atoms with Crippen molar-refractivity contribution in [1.29, 1.82) is 0 Å². The first-order valence-electron chi connectivity index (χ1n) is 8.11. The van der Waals surface area contributed by atoms with Gasteiger partial charge < -0.3 is 9.80 Å². The first kappa shape index (κ1) is 17.0. The van der Waals surface area contributed by atoms with Gasteiger partial charge in [0, 0.05) is 31.7 Å². The van der Waals surface area contributed by atoms with Crippen molar-refractivity contribution in [3.05, 3.63) is 29.8 Å². The molecule has 24 heavy (non-hydrogen) atoms. The molecule has 0 saturated carbocycles. The molecular formula is C17H22N2O4S. The number of hydrogen-bond acceptors (Lipinski definition) is 4. The zero-order valence-corrected chi connectivity index (χ0v) is 14.8. The summed E-state index contributed by atoms with van der Waals surface area (Å²) >= 11 is 0. The zero-order chi connectivity index (χ0) is 17.5. The van der Waals surface area contributed by atoms with Crippen molar-refractivity contribution < 1.29 is 18.0 Å². The summed E-state index contributed by atoms with van der Waals surface area (Å²) in [6, 6.07) is 7.37. The van der Waals surface area contributed by atoms with Crippen LogP contribution < -0.4 is 4.90 Å². The van der Waals surface area contributed by atoms with E-state index in [-0.39, 0.29) is 35.8 Å². The molecule has 0 radical (unpaired) electrons. The van der Waals surface area contributed by atoms with E-state index in [1.807, 2.05) is 31.2 Å².